The number of nitrogens with two attached hydrogens (primary N) is 2. The molecule has 0 radical (unpaired) electrons. The molecule has 2 aromatic rings. The lowest BCUT2D eigenvalue weighted by Crippen LogP contribution is -2.68. The molecule has 1 unspecified atom stereocenters. The van der Waals surface area contributed by atoms with E-state index >= 15 is 0 Å². The number of hydrogen-bond acceptors (Lipinski definition) is 8. The predicted molar refractivity (Wildman–Crippen MR) is 122 cm³/mol. The highest BCUT2D eigenvalue weighted by atomic mass is 32.2. The summed E-state index contributed by atoms with van der Waals surface area (Å²) in [4.78, 5) is 28.0. The summed E-state index contributed by atoms with van der Waals surface area (Å²) in [5.74, 6) is 1.16. The third kappa shape index (κ3) is 4.53. The van der Waals surface area contributed by atoms with Gasteiger partial charge in [0.1, 0.15) is 29.5 Å². The Balaban J connectivity index is 1.51. The monoisotopic (exact) mass is 457 g/mol. The van der Waals surface area contributed by atoms with Crippen molar-refractivity contribution in [3.8, 4) is 5.75 Å². The van der Waals surface area contributed by atoms with E-state index in [9.17, 15) is 9.59 Å². The molecule has 2 aliphatic heterocycles. The van der Waals surface area contributed by atoms with Crippen molar-refractivity contribution in [1.29, 1.82) is 0 Å². The number of benzene rings is 2. The van der Waals surface area contributed by atoms with Gasteiger partial charge in [-0.2, -0.15) is 0 Å². The van der Waals surface area contributed by atoms with Crippen molar-refractivity contribution < 1.29 is 19.1 Å². The SMILES string of the molecule is COc1ccc(COC(=O)C2=C(CSc3ccc(N)cc3)CS[C@H]3C(N)C(=O)N23)cc1. The Morgan fingerprint density at radius 1 is 1.19 bits per heavy atom. The number of β-lactam (4-membered cyclic amide) rings is 1. The molecular formula is C22H23N3O4S2. The molecule has 1 saturated heterocycles. The van der Waals surface area contributed by atoms with Gasteiger partial charge in [0.15, 0.2) is 0 Å². The van der Waals surface area contributed by atoms with E-state index in [1.54, 1.807) is 30.6 Å². The van der Waals surface area contributed by atoms with Gasteiger partial charge >= 0.3 is 5.97 Å². The van der Waals surface area contributed by atoms with E-state index in [1.807, 2.05) is 48.5 Å². The Kier molecular flexibility index (Phi) is 6.45. The first-order chi connectivity index (χ1) is 15.0. The van der Waals surface area contributed by atoms with E-state index in [-0.39, 0.29) is 17.9 Å². The molecule has 2 aliphatic rings. The molecule has 162 valence electrons. The van der Waals surface area contributed by atoms with Crippen LogP contribution in [0.4, 0.5) is 5.69 Å². The third-order valence-corrected chi connectivity index (χ3v) is 7.56. The predicted octanol–water partition coefficient (Wildman–Crippen LogP) is 2.61. The van der Waals surface area contributed by atoms with Gasteiger partial charge < -0.3 is 20.9 Å². The molecule has 0 saturated carbocycles. The van der Waals surface area contributed by atoms with Gasteiger partial charge in [0.05, 0.1) is 7.11 Å². The number of anilines is 1. The number of carbonyl (C=O) groups is 2. The highest BCUT2D eigenvalue weighted by molar-refractivity contribution is 8.01. The first-order valence-corrected chi connectivity index (χ1v) is 11.7. The number of carbonyl (C=O) groups excluding carboxylic acids is 2. The van der Waals surface area contributed by atoms with Gasteiger partial charge in [-0.25, -0.2) is 4.79 Å². The minimum Gasteiger partial charge on any atom is -0.497 e. The topological polar surface area (TPSA) is 108 Å². The van der Waals surface area contributed by atoms with E-state index in [0.29, 0.717) is 22.9 Å². The largest absolute Gasteiger partial charge is 0.497 e. The van der Waals surface area contributed by atoms with Gasteiger partial charge in [0.25, 0.3) is 0 Å². The Morgan fingerprint density at radius 3 is 2.58 bits per heavy atom. The minimum atomic E-state index is -0.583. The zero-order valence-corrected chi connectivity index (χ0v) is 18.6. The smallest absolute Gasteiger partial charge is 0.355 e. The van der Waals surface area contributed by atoms with E-state index in [0.717, 1.165) is 21.8 Å². The summed E-state index contributed by atoms with van der Waals surface area (Å²) in [7, 11) is 1.59. The van der Waals surface area contributed by atoms with Gasteiger partial charge in [-0.05, 0) is 47.5 Å². The maximum absolute atomic E-state index is 13.0. The molecule has 0 bridgehead atoms. The van der Waals surface area contributed by atoms with Crippen molar-refractivity contribution in [2.24, 2.45) is 5.73 Å². The second kappa shape index (κ2) is 9.25. The van der Waals surface area contributed by atoms with Crippen molar-refractivity contribution in [1.82, 2.24) is 4.90 Å². The first-order valence-electron chi connectivity index (χ1n) is 9.68. The Morgan fingerprint density at radius 2 is 1.90 bits per heavy atom. The van der Waals surface area contributed by atoms with Crippen molar-refractivity contribution in [2.45, 2.75) is 22.9 Å². The van der Waals surface area contributed by atoms with Crippen molar-refractivity contribution in [3.05, 3.63) is 65.4 Å². The first kappa shape index (κ1) is 21.6. The molecule has 31 heavy (non-hydrogen) atoms. The molecular weight excluding hydrogens is 434 g/mol. The van der Waals surface area contributed by atoms with E-state index in [4.69, 9.17) is 20.9 Å². The molecule has 2 atom stereocenters. The van der Waals surface area contributed by atoms with Crippen molar-refractivity contribution in [3.63, 3.8) is 0 Å². The normalized spacial score (nSPS) is 20.2. The zero-order valence-electron chi connectivity index (χ0n) is 16.9. The Labute approximate surface area is 189 Å². The number of amides is 1. The lowest BCUT2D eigenvalue weighted by Gasteiger charge is -2.48. The fourth-order valence-corrected chi connectivity index (χ4v) is 5.68. The second-order valence-corrected chi connectivity index (χ2v) is 9.32. The van der Waals surface area contributed by atoms with Crippen LogP contribution in [0, 0.1) is 0 Å². The molecule has 1 amide bonds. The van der Waals surface area contributed by atoms with E-state index in [2.05, 4.69) is 0 Å². The molecule has 1 fully saturated rings. The molecule has 2 aromatic carbocycles. The molecule has 0 aromatic heterocycles. The number of esters is 1. The van der Waals surface area contributed by atoms with Crippen LogP contribution in [0.15, 0.2) is 64.7 Å². The highest BCUT2D eigenvalue weighted by Gasteiger charge is 2.52. The van der Waals surface area contributed by atoms with Gasteiger partial charge in [0, 0.05) is 22.1 Å². The summed E-state index contributed by atoms with van der Waals surface area (Å²) < 4.78 is 10.7. The standard InChI is InChI=1S/C22H23N3O4S2/c1-28-16-6-2-13(3-7-16)10-29-22(27)19-14(11-30-17-8-4-15(23)5-9-17)12-31-21-18(24)20(26)25(19)21/h2-9,18,21H,10-12,23-24H2,1H3/t18?,21-/m0/s1. The number of methoxy groups -OCH3 is 1. The van der Waals surface area contributed by atoms with Gasteiger partial charge in [0.2, 0.25) is 5.91 Å². The van der Waals surface area contributed by atoms with E-state index in [1.165, 1.54) is 4.90 Å². The highest BCUT2D eigenvalue weighted by Crippen LogP contribution is 2.41. The number of rotatable bonds is 7. The van der Waals surface area contributed by atoms with Crippen LogP contribution >= 0.6 is 23.5 Å². The van der Waals surface area contributed by atoms with Crippen LogP contribution in [0.2, 0.25) is 0 Å². The maximum atomic E-state index is 13.0. The summed E-state index contributed by atoms with van der Waals surface area (Å²) in [6.45, 7) is 0.108. The Bertz CT molecular complexity index is 1010. The average Bonchev–Trinajstić information content (AvgIpc) is 2.81. The van der Waals surface area contributed by atoms with Crippen LogP contribution in [0.1, 0.15) is 5.56 Å². The summed E-state index contributed by atoms with van der Waals surface area (Å²) in [6.07, 6.45) is 0. The van der Waals surface area contributed by atoms with Gasteiger partial charge in [-0.3, -0.25) is 9.69 Å². The number of thioether (sulfide) groups is 2. The Hall–Kier alpha value is -2.62. The fraction of sp³-hybridized carbons (Fsp3) is 0.273. The van der Waals surface area contributed by atoms with Crippen molar-refractivity contribution in [2.75, 3.05) is 24.3 Å². The second-order valence-electron chi connectivity index (χ2n) is 7.17. The summed E-state index contributed by atoms with van der Waals surface area (Å²) in [6, 6.07) is 14.3. The van der Waals surface area contributed by atoms with Crippen LogP contribution in [0.3, 0.4) is 0 Å². The third-order valence-electron chi connectivity index (χ3n) is 5.10. The zero-order chi connectivity index (χ0) is 22.0. The van der Waals surface area contributed by atoms with Crippen LogP contribution in [0.25, 0.3) is 0 Å². The van der Waals surface area contributed by atoms with Crippen LogP contribution < -0.4 is 16.2 Å². The average molecular weight is 458 g/mol. The van der Waals surface area contributed by atoms with Crippen LogP contribution in [-0.4, -0.2) is 46.8 Å². The molecule has 2 heterocycles. The number of nitrogens with zero attached hydrogens (tertiary/aromatic N) is 1. The lowest BCUT2D eigenvalue weighted by molar-refractivity contribution is -0.151. The summed E-state index contributed by atoms with van der Waals surface area (Å²) in [5, 5.41) is -0.221. The summed E-state index contributed by atoms with van der Waals surface area (Å²) >= 11 is 3.16. The minimum absolute atomic E-state index is 0.108. The maximum Gasteiger partial charge on any atom is 0.355 e. The molecule has 7 nitrogen and oxygen atoms in total. The molecule has 9 heteroatoms. The fourth-order valence-electron chi connectivity index (χ4n) is 3.35. The number of fused-ring (bicyclic) bond motifs is 1. The van der Waals surface area contributed by atoms with Gasteiger partial charge in [-0.15, -0.1) is 23.5 Å². The number of nitrogen functional groups attached to an aromatic ring is 1. The molecule has 0 aliphatic carbocycles. The molecule has 0 spiro atoms. The molecule has 4 N–H and O–H groups in total. The quantitative estimate of drug-likeness (QED) is 0.283. The molecule has 4 rings (SSSR count). The van der Waals surface area contributed by atoms with Crippen LogP contribution in [0.5, 0.6) is 5.75 Å². The van der Waals surface area contributed by atoms with Gasteiger partial charge in [-0.1, -0.05) is 12.1 Å². The lowest BCUT2D eigenvalue weighted by atomic mass is 10.0. The van der Waals surface area contributed by atoms with Crippen molar-refractivity contribution >= 4 is 41.1 Å². The number of ether oxygens (including phenoxy) is 2. The number of hydrogen-bond donors (Lipinski definition) is 2. The van der Waals surface area contributed by atoms with E-state index < -0.39 is 12.0 Å². The van der Waals surface area contributed by atoms with Crippen LogP contribution in [-0.2, 0) is 20.9 Å². The summed E-state index contributed by atoms with van der Waals surface area (Å²) in [5.41, 5.74) is 14.4.